The topological polar surface area (TPSA) is 83.5 Å². The summed E-state index contributed by atoms with van der Waals surface area (Å²) < 4.78 is 41.7. The molecule has 0 aliphatic rings. The highest BCUT2D eigenvalue weighted by molar-refractivity contribution is 7.92. The summed E-state index contributed by atoms with van der Waals surface area (Å²) in [4.78, 5) is 13.4. The summed E-state index contributed by atoms with van der Waals surface area (Å²) in [7, 11) is -4.08. The summed E-state index contributed by atoms with van der Waals surface area (Å²) in [5.74, 6) is -1.09. The molecule has 0 unspecified atom stereocenters. The number of carbonyl (C=O) groups excluding carboxylic acids is 1. The van der Waals surface area contributed by atoms with Crippen molar-refractivity contribution in [1.82, 2.24) is 4.72 Å². The van der Waals surface area contributed by atoms with Crippen molar-refractivity contribution in [3.05, 3.63) is 51.1 Å². The highest BCUT2D eigenvalue weighted by Crippen LogP contribution is 2.33. The van der Waals surface area contributed by atoms with Gasteiger partial charge >= 0.3 is 0 Å². The fourth-order valence-electron chi connectivity index (χ4n) is 3.51. The molecule has 0 saturated carbocycles. The Balaban J connectivity index is 2.36. The van der Waals surface area contributed by atoms with Crippen molar-refractivity contribution in [3.8, 4) is 0 Å². The summed E-state index contributed by atoms with van der Waals surface area (Å²) in [5, 5.41) is 10.2. The van der Waals surface area contributed by atoms with E-state index < -0.39 is 21.5 Å². The van der Waals surface area contributed by atoms with Crippen molar-refractivity contribution >= 4 is 27.3 Å². The monoisotopic (exact) mass is 455 g/mol. The number of amides is 1. The van der Waals surface area contributed by atoms with Gasteiger partial charge in [-0.1, -0.05) is 27.7 Å². The van der Waals surface area contributed by atoms with Crippen molar-refractivity contribution in [2.75, 3.05) is 0 Å². The van der Waals surface area contributed by atoms with Crippen LogP contribution in [0.4, 0.5) is 4.39 Å². The van der Waals surface area contributed by atoms with Crippen LogP contribution in [0.1, 0.15) is 80.5 Å². The lowest BCUT2D eigenvalue weighted by molar-refractivity contribution is -0.118. The van der Waals surface area contributed by atoms with Gasteiger partial charge in [0.1, 0.15) is 10.0 Å². The zero-order chi connectivity index (χ0) is 23.0. The van der Waals surface area contributed by atoms with Gasteiger partial charge in [0, 0.05) is 4.88 Å². The summed E-state index contributed by atoms with van der Waals surface area (Å²) >= 11 is 1.00. The number of hydrogen-bond acceptors (Lipinski definition) is 5. The second kappa shape index (κ2) is 8.77. The van der Waals surface area contributed by atoms with Crippen LogP contribution in [0, 0.1) is 12.7 Å². The van der Waals surface area contributed by atoms with Crippen molar-refractivity contribution in [2.24, 2.45) is 0 Å². The van der Waals surface area contributed by atoms with E-state index in [2.05, 4.69) is 4.72 Å². The number of halogens is 1. The van der Waals surface area contributed by atoms with Crippen LogP contribution < -0.4 is 4.72 Å². The Kier molecular flexibility index (Phi) is 7.16. The van der Waals surface area contributed by atoms with Gasteiger partial charge in [-0.15, -0.1) is 11.3 Å². The lowest BCUT2D eigenvalue weighted by Crippen LogP contribution is -2.32. The van der Waals surface area contributed by atoms with Crippen molar-refractivity contribution in [1.29, 1.82) is 0 Å². The first-order chi connectivity index (χ1) is 13.6. The number of rotatable bonds is 7. The number of sulfonamides is 1. The number of aliphatic hydroxyl groups is 1. The molecule has 8 heteroatoms. The lowest BCUT2D eigenvalue weighted by Gasteiger charge is -2.20. The fourth-order valence-corrected chi connectivity index (χ4v) is 6.09. The Morgan fingerprint density at radius 1 is 1.13 bits per heavy atom. The first-order valence-corrected chi connectivity index (χ1v) is 12.1. The third kappa shape index (κ3) is 5.47. The van der Waals surface area contributed by atoms with Crippen LogP contribution in [-0.4, -0.2) is 19.4 Å². The van der Waals surface area contributed by atoms with Gasteiger partial charge in [0.2, 0.25) is 5.91 Å². The summed E-state index contributed by atoms with van der Waals surface area (Å²) in [6.45, 7) is 12.5. The largest absolute Gasteiger partial charge is 0.386 e. The Labute approximate surface area is 182 Å². The maximum atomic E-state index is 14.1. The molecule has 30 heavy (non-hydrogen) atoms. The number of carbonyl (C=O) groups is 1. The molecule has 0 radical (unpaired) electrons. The molecular weight excluding hydrogens is 425 g/mol. The Morgan fingerprint density at radius 2 is 1.63 bits per heavy atom. The molecule has 1 aromatic carbocycles. The van der Waals surface area contributed by atoms with E-state index in [-0.39, 0.29) is 28.3 Å². The number of thiophene rings is 1. The molecule has 0 aliphatic heterocycles. The maximum absolute atomic E-state index is 14.1. The van der Waals surface area contributed by atoms with Gasteiger partial charge in [0.15, 0.2) is 0 Å². The molecule has 0 aliphatic carbocycles. The van der Waals surface area contributed by atoms with E-state index in [1.165, 1.54) is 18.2 Å². The predicted molar refractivity (Wildman–Crippen MR) is 118 cm³/mol. The molecule has 0 spiro atoms. The third-order valence-electron chi connectivity index (χ3n) is 4.93. The second-order valence-corrected chi connectivity index (χ2v) is 11.8. The fraction of sp³-hybridized carbons (Fsp3) is 0.500. The van der Waals surface area contributed by atoms with Crippen LogP contribution in [0.5, 0.6) is 0 Å². The first kappa shape index (κ1) is 24.5. The van der Waals surface area contributed by atoms with Crippen molar-refractivity contribution in [2.45, 2.75) is 76.5 Å². The van der Waals surface area contributed by atoms with Gasteiger partial charge in [-0.05, 0) is 73.1 Å². The Hall–Kier alpha value is -1.77. The van der Waals surface area contributed by atoms with E-state index in [1.54, 1.807) is 20.8 Å². The first-order valence-electron chi connectivity index (χ1n) is 9.84. The minimum Gasteiger partial charge on any atom is -0.386 e. The molecule has 2 N–H and O–H groups in total. The maximum Gasteiger partial charge on any atom is 0.273 e. The van der Waals surface area contributed by atoms with E-state index in [0.29, 0.717) is 27.1 Å². The van der Waals surface area contributed by atoms with Gasteiger partial charge in [-0.2, -0.15) is 0 Å². The predicted octanol–water partition coefficient (Wildman–Crippen LogP) is 4.72. The normalized spacial score (nSPS) is 12.6. The van der Waals surface area contributed by atoms with Crippen LogP contribution in [0.2, 0.25) is 0 Å². The standard InChI is InChI=1S/C22H30FNO4S2/c1-12(2)16-8-15(23)9-17(13(3)4)18(16)10-20(25)24-30(27,28)21-11-19(14(5)29-21)22(6,7)26/h8-9,11-13,26H,10H2,1-7H3,(H,24,25). The molecule has 5 nitrogen and oxygen atoms in total. The van der Waals surface area contributed by atoms with Gasteiger partial charge in [-0.3, -0.25) is 4.79 Å². The number of hydrogen-bond donors (Lipinski definition) is 2. The van der Waals surface area contributed by atoms with E-state index in [0.717, 1.165) is 11.3 Å². The number of benzene rings is 1. The van der Waals surface area contributed by atoms with Crippen LogP contribution in [-0.2, 0) is 26.8 Å². The minimum absolute atomic E-state index is 0.0214. The summed E-state index contributed by atoms with van der Waals surface area (Å²) in [6.07, 6.45) is -0.163. The number of aryl methyl sites for hydroxylation is 1. The average Bonchev–Trinajstić information content (AvgIpc) is 2.98. The highest BCUT2D eigenvalue weighted by atomic mass is 32.2. The average molecular weight is 456 g/mol. The molecule has 1 heterocycles. The van der Waals surface area contributed by atoms with E-state index in [4.69, 9.17) is 0 Å². The number of nitrogens with one attached hydrogen (secondary N) is 1. The molecule has 2 aromatic rings. The second-order valence-electron chi connectivity index (χ2n) is 8.67. The molecule has 0 fully saturated rings. The Bertz CT molecular complexity index is 1020. The smallest absolute Gasteiger partial charge is 0.273 e. The van der Waals surface area contributed by atoms with Gasteiger partial charge in [0.25, 0.3) is 10.0 Å². The quantitative estimate of drug-likeness (QED) is 0.633. The highest BCUT2D eigenvalue weighted by Gasteiger charge is 2.28. The molecule has 0 bridgehead atoms. The Morgan fingerprint density at radius 3 is 2.03 bits per heavy atom. The zero-order valence-electron chi connectivity index (χ0n) is 18.5. The van der Waals surface area contributed by atoms with Crippen molar-refractivity contribution in [3.63, 3.8) is 0 Å². The SMILES string of the molecule is Cc1sc(S(=O)(=O)NC(=O)Cc2c(C(C)C)cc(F)cc2C(C)C)cc1C(C)(C)O. The third-order valence-corrected chi connectivity index (χ3v) is 7.83. The zero-order valence-corrected chi connectivity index (χ0v) is 20.1. The van der Waals surface area contributed by atoms with Crippen LogP contribution in [0.15, 0.2) is 22.4 Å². The van der Waals surface area contributed by atoms with Gasteiger partial charge < -0.3 is 5.11 Å². The van der Waals surface area contributed by atoms with Gasteiger partial charge in [-0.25, -0.2) is 17.5 Å². The molecular formula is C22H30FNO4S2. The summed E-state index contributed by atoms with van der Waals surface area (Å²) in [5.41, 5.74) is 1.37. The minimum atomic E-state index is -4.08. The van der Waals surface area contributed by atoms with Gasteiger partial charge in [0.05, 0.1) is 12.0 Å². The van der Waals surface area contributed by atoms with Crippen LogP contribution in [0.3, 0.4) is 0 Å². The molecule has 2 rings (SSSR count). The van der Waals surface area contributed by atoms with Crippen LogP contribution >= 0.6 is 11.3 Å². The lowest BCUT2D eigenvalue weighted by atomic mass is 9.87. The van der Waals surface area contributed by atoms with E-state index in [9.17, 15) is 22.7 Å². The molecule has 0 saturated heterocycles. The molecule has 1 amide bonds. The molecule has 1 aromatic heterocycles. The molecule has 0 atom stereocenters. The van der Waals surface area contributed by atoms with Crippen molar-refractivity contribution < 1.29 is 22.7 Å². The summed E-state index contributed by atoms with van der Waals surface area (Å²) in [6, 6.07) is 4.21. The van der Waals surface area contributed by atoms with E-state index in [1.807, 2.05) is 27.7 Å². The van der Waals surface area contributed by atoms with E-state index >= 15 is 0 Å². The van der Waals surface area contributed by atoms with Crippen LogP contribution in [0.25, 0.3) is 0 Å². The molecule has 166 valence electrons.